The quantitative estimate of drug-likeness (QED) is 0.749. The van der Waals surface area contributed by atoms with Crippen molar-refractivity contribution in [3.8, 4) is 0 Å². The van der Waals surface area contributed by atoms with Gasteiger partial charge in [0.15, 0.2) is 0 Å². The van der Waals surface area contributed by atoms with E-state index in [1.807, 2.05) is 0 Å². The summed E-state index contributed by atoms with van der Waals surface area (Å²) in [5.41, 5.74) is 1.35. The first-order valence-corrected chi connectivity index (χ1v) is 7.12. The predicted molar refractivity (Wildman–Crippen MR) is 81.3 cm³/mol. The first-order chi connectivity index (χ1) is 8.60. The average molecular weight is 248 g/mol. The first kappa shape index (κ1) is 15.0. The van der Waals surface area contributed by atoms with Crippen LogP contribution in [0.2, 0.25) is 0 Å². The molecule has 102 valence electrons. The SMILES string of the molecule is CC1CN(c2ccccc2)CC(C)N1C.CCC. The van der Waals surface area contributed by atoms with E-state index in [1.165, 1.54) is 12.1 Å². The van der Waals surface area contributed by atoms with E-state index < -0.39 is 0 Å². The highest BCUT2D eigenvalue weighted by molar-refractivity contribution is 5.46. The van der Waals surface area contributed by atoms with Crippen LogP contribution in [-0.4, -0.2) is 37.1 Å². The van der Waals surface area contributed by atoms with Crippen LogP contribution in [0.3, 0.4) is 0 Å². The highest BCUT2D eigenvalue weighted by atomic mass is 15.3. The van der Waals surface area contributed by atoms with Crippen LogP contribution < -0.4 is 4.90 Å². The van der Waals surface area contributed by atoms with Crippen molar-refractivity contribution in [2.75, 3.05) is 25.0 Å². The predicted octanol–water partition coefficient (Wildman–Crippen LogP) is 3.63. The standard InChI is InChI=1S/C13H20N2.C3H8/c1-11-9-15(10-12(2)14(11)3)13-7-5-4-6-8-13;1-3-2/h4-8,11-12H,9-10H2,1-3H3;3H2,1-2H3. The molecule has 1 fully saturated rings. The Morgan fingerprint density at radius 3 is 1.89 bits per heavy atom. The fourth-order valence-electron chi connectivity index (χ4n) is 2.25. The zero-order valence-electron chi connectivity index (χ0n) is 12.6. The normalized spacial score (nSPS) is 24.4. The van der Waals surface area contributed by atoms with Crippen molar-refractivity contribution in [2.45, 2.75) is 46.2 Å². The summed E-state index contributed by atoms with van der Waals surface area (Å²) >= 11 is 0. The molecule has 0 saturated carbocycles. The minimum absolute atomic E-state index is 0.633. The van der Waals surface area contributed by atoms with Crippen molar-refractivity contribution in [3.63, 3.8) is 0 Å². The van der Waals surface area contributed by atoms with Crippen molar-refractivity contribution >= 4 is 5.69 Å². The van der Waals surface area contributed by atoms with Gasteiger partial charge in [-0.25, -0.2) is 0 Å². The summed E-state index contributed by atoms with van der Waals surface area (Å²) in [4.78, 5) is 4.94. The van der Waals surface area contributed by atoms with Gasteiger partial charge in [-0.3, -0.25) is 4.90 Å². The lowest BCUT2D eigenvalue weighted by molar-refractivity contribution is 0.170. The van der Waals surface area contributed by atoms with Gasteiger partial charge in [-0.15, -0.1) is 0 Å². The Labute approximate surface area is 113 Å². The number of nitrogens with zero attached hydrogens (tertiary/aromatic N) is 2. The van der Waals surface area contributed by atoms with E-state index in [2.05, 4.69) is 74.9 Å². The van der Waals surface area contributed by atoms with Gasteiger partial charge in [0, 0.05) is 30.9 Å². The molecule has 1 aromatic carbocycles. The van der Waals surface area contributed by atoms with Gasteiger partial charge >= 0.3 is 0 Å². The molecule has 0 N–H and O–H groups in total. The molecule has 2 heteroatoms. The van der Waals surface area contributed by atoms with Gasteiger partial charge in [-0.1, -0.05) is 38.5 Å². The summed E-state index contributed by atoms with van der Waals surface area (Å²) in [6, 6.07) is 12.0. The minimum Gasteiger partial charge on any atom is -0.368 e. The van der Waals surface area contributed by atoms with Crippen LogP contribution in [0.4, 0.5) is 5.69 Å². The lowest BCUT2D eigenvalue weighted by Gasteiger charge is -2.43. The van der Waals surface area contributed by atoms with E-state index in [9.17, 15) is 0 Å². The molecule has 18 heavy (non-hydrogen) atoms. The van der Waals surface area contributed by atoms with E-state index >= 15 is 0 Å². The molecule has 2 unspecified atom stereocenters. The van der Waals surface area contributed by atoms with Crippen LogP contribution in [-0.2, 0) is 0 Å². The van der Waals surface area contributed by atoms with Gasteiger partial charge in [0.1, 0.15) is 0 Å². The number of para-hydroxylation sites is 1. The monoisotopic (exact) mass is 248 g/mol. The molecular formula is C16H28N2. The van der Waals surface area contributed by atoms with E-state index in [1.54, 1.807) is 0 Å². The van der Waals surface area contributed by atoms with E-state index in [0.29, 0.717) is 12.1 Å². The molecule has 1 saturated heterocycles. The van der Waals surface area contributed by atoms with Crippen LogP contribution in [0.5, 0.6) is 0 Å². The lowest BCUT2D eigenvalue weighted by atomic mass is 10.1. The van der Waals surface area contributed by atoms with Crippen LogP contribution >= 0.6 is 0 Å². The number of hydrogen-bond acceptors (Lipinski definition) is 2. The van der Waals surface area contributed by atoms with Gasteiger partial charge in [0.25, 0.3) is 0 Å². The third-order valence-corrected chi connectivity index (χ3v) is 3.48. The van der Waals surface area contributed by atoms with Gasteiger partial charge in [0.2, 0.25) is 0 Å². The average Bonchev–Trinajstić information content (AvgIpc) is 2.37. The molecule has 1 aliphatic heterocycles. The number of benzene rings is 1. The number of likely N-dealkylation sites (N-methyl/N-ethyl adjacent to an activating group) is 1. The fourth-order valence-corrected chi connectivity index (χ4v) is 2.25. The van der Waals surface area contributed by atoms with Crippen molar-refractivity contribution in [3.05, 3.63) is 30.3 Å². The van der Waals surface area contributed by atoms with Gasteiger partial charge in [-0.05, 0) is 33.0 Å². The molecule has 1 heterocycles. The van der Waals surface area contributed by atoms with Crippen molar-refractivity contribution < 1.29 is 0 Å². The summed E-state index contributed by atoms with van der Waals surface area (Å²) < 4.78 is 0. The molecule has 2 nitrogen and oxygen atoms in total. The highest BCUT2D eigenvalue weighted by Crippen LogP contribution is 2.20. The summed E-state index contributed by atoms with van der Waals surface area (Å²) in [7, 11) is 2.22. The Kier molecular flexibility index (Phi) is 6.20. The number of rotatable bonds is 1. The summed E-state index contributed by atoms with van der Waals surface area (Å²) in [6.07, 6.45) is 1.25. The summed E-state index contributed by atoms with van der Waals surface area (Å²) in [6.45, 7) is 11.1. The number of piperazine rings is 1. The van der Waals surface area contributed by atoms with Crippen molar-refractivity contribution in [1.29, 1.82) is 0 Å². The molecule has 2 rings (SSSR count). The topological polar surface area (TPSA) is 6.48 Å². The molecule has 0 amide bonds. The Morgan fingerprint density at radius 1 is 1.00 bits per heavy atom. The second-order valence-electron chi connectivity index (χ2n) is 5.31. The molecule has 0 radical (unpaired) electrons. The minimum atomic E-state index is 0.633. The zero-order valence-corrected chi connectivity index (χ0v) is 12.6. The summed E-state index contributed by atoms with van der Waals surface area (Å²) in [5.74, 6) is 0. The van der Waals surface area contributed by atoms with Crippen LogP contribution in [0.25, 0.3) is 0 Å². The van der Waals surface area contributed by atoms with E-state index in [-0.39, 0.29) is 0 Å². The second kappa shape index (κ2) is 7.42. The summed E-state index contributed by atoms with van der Waals surface area (Å²) in [5, 5.41) is 0. The van der Waals surface area contributed by atoms with Crippen molar-refractivity contribution in [2.24, 2.45) is 0 Å². The van der Waals surface area contributed by atoms with Crippen molar-refractivity contribution in [1.82, 2.24) is 4.90 Å². The Bertz CT molecular complexity index is 311. The molecule has 0 aliphatic carbocycles. The Hall–Kier alpha value is -1.02. The maximum absolute atomic E-state index is 2.48. The zero-order chi connectivity index (χ0) is 13.5. The lowest BCUT2D eigenvalue weighted by Crippen LogP contribution is -2.55. The third kappa shape index (κ3) is 4.02. The van der Waals surface area contributed by atoms with Gasteiger partial charge < -0.3 is 4.90 Å². The van der Waals surface area contributed by atoms with Crippen LogP contribution in [0.15, 0.2) is 30.3 Å². The number of hydrogen-bond donors (Lipinski definition) is 0. The molecule has 1 aliphatic rings. The second-order valence-corrected chi connectivity index (χ2v) is 5.31. The molecular weight excluding hydrogens is 220 g/mol. The number of anilines is 1. The maximum atomic E-state index is 2.48. The molecule has 2 atom stereocenters. The molecule has 1 aromatic rings. The highest BCUT2D eigenvalue weighted by Gasteiger charge is 2.26. The smallest absolute Gasteiger partial charge is 0.0367 e. The van der Waals surface area contributed by atoms with E-state index in [4.69, 9.17) is 0 Å². The molecule has 0 bridgehead atoms. The third-order valence-electron chi connectivity index (χ3n) is 3.48. The largest absolute Gasteiger partial charge is 0.368 e. The van der Waals surface area contributed by atoms with Crippen LogP contribution in [0.1, 0.15) is 34.1 Å². The fraction of sp³-hybridized carbons (Fsp3) is 0.625. The Balaban J connectivity index is 0.000000492. The Morgan fingerprint density at radius 2 is 1.44 bits per heavy atom. The maximum Gasteiger partial charge on any atom is 0.0367 e. The van der Waals surface area contributed by atoms with Gasteiger partial charge in [0.05, 0.1) is 0 Å². The van der Waals surface area contributed by atoms with Gasteiger partial charge in [-0.2, -0.15) is 0 Å². The molecule has 0 aromatic heterocycles. The van der Waals surface area contributed by atoms with E-state index in [0.717, 1.165) is 13.1 Å². The van der Waals surface area contributed by atoms with Crippen LogP contribution in [0, 0.1) is 0 Å². The molecule has 0 spiro atoms. The first-order valence-electron chi connectivity index (χ1n) is 7.12.